The molecule has 2 aromatic rings. The minimum absolute atomic E-state index is 0.325. The third kappa shape index (κ3) is 3.27. The van der Waals surface area contributed by atoms with Crippen molar-refractivity contribution in [2.75, 3.05) is 18.2 Å². The van der Waals surface area contributed by atoms with Crippen LogP contribution in [0.25, 0.3) is 0 Å². The molecule has 0 aliphatic rings. The number of nitrogens with two attached hydrogens (primary N) is 2. The molecule has 0 spiro atoms. The van der Waals surface area contributed by atoms with Gasteiger partial charge in [-0.1, -0.05) is 6.92 Å². The van der Waals surface area contributed by atoms with Crippen LogP contribution in [-0.4, -0.2) is 27.4 Å². The number of anilines is 1. The van der Waals surface area contributed by atoms with Crippen LogP contribution >= 0.6 is 11.8 Å². The Bertz CT molecular complexity index is 656. The van der Waals surface area contributed by atoms with E-state index in [1.807, 2.05) is 6.92 Å². The van der Waals surface area contributed by atoms with Gasteiger partial charge in [0.25, 0.3) is 0 Å². The molecule has 0 aliphatic carbocycles. The summed E-state index contributed by atoms with van der Waals surface area (Å²) in [7, 11) is 0. The molecule has 2 rings (SSSR count). The van der Waals surface area contributed by atoms with E-state index in [4.69, 9.17) is 16.3 Å². The van der Waals surface area contributed by atoms with Crippen LogP contribution < -0.4 is 11.6 Å². The van der Waals surface area contributed by atoms with Gasteiger partial charge in [0.05, 0.1) is 12.2 Å². The zero-order valence-corrected chi connectivity index (χ0v) is 12.7. The lowest BCUT2D eigenvalue weighted by Gasteiger charge is -2.07. The Morgan fingerprint density at radius 1 is 1.38 bits per heavy atom. The van der Waals surface area contributed by atoms with E-state index in [9.17, 15) is 4.79 Å². The number of nitrogen functional groups attached to an aromatic ring is 2. The fraction of sp³-hybridized carbons (Fsp3) is 0.308. The second-order valence-electron chi connectivity index (χ2n) is 4.20. The van der Waals surface area contributed by atoms with Crippen molar-refractivity contribution in [3.05, 3.63) is 29.6 Å². The van der Waals surface area contributed by atoms with Crippen molar-refractivity contribution in [3.63, 3.8) is 0 Å². The van der Waals surface area contributed by atoms with Gasteiger partial charge >= 0.3 is 5.97 Å². The van der Waals surface area contributed by atoms with E-state index < -0.39 is 5.97 Å². The van der Waals surface area contributed by atoms with Crippen molar-refractivity contribution in [3.8, 4) is 0 Å². The van der Waals surface area contributed by atoms with Crippen LogP contribution in [0.3, 0.4) is 0 Å². The van der Waals surface area contributed by atoms with Crippen LogP contribution in [0.2, 0.25) is 0 Å². The van der Waals surface area contributed by atoms with E-state index in [0.717, 1.165) is 4.90 Å². The predicted molar refractivity (Wildman–Crippen MR) is 80.5 cm³/mol. The molecule has 1 heterocycles. The summed E-state index contributed by atoms with van der Waals surface area (Å²) in [4.78, 5) is 12.4. The highest BCUT2D eigenvalue weighted by Crippen LogP contribution is 2.31. The van der Waals surface area contributed by atoms with E-state index in [2.05, 4.69) is 10.2 Å². The molecule has 8 heteroatoms. The first-order valence-corrected chi connectivity index (χ1v) is 7.32. The molecule has 21 heavy (non-hydrogen) atoms. The summed E-state index contributed by atoms with van der Waals surface area (Å²) in [6.45, 7) is 4.03. The van der Waals surface area contributed by atoms with Gasteiger partial charge in [0.2, 0.25) is 5.16 Å². The zero-order chi connectivity index (χ0) is 15.4. The van der Waals surface area contributed by atoms with E-state index in [1.165, 1.54) is 16.4 Å². The third-order valence-electron chi connectivity index (χ3n) is 2.77. The Balaban J connectivity index is 2.21. The summed E-state index contributed by atoms with van der Waals surface area (Å²) >= 11 is 1.30. The SMILES string of the molecule is CCOC(=O)c1ccc(Sc2nnc(CC)n2N)c(N)c1. The topological polar surface area (TPSA) is 109 Å². The molecule has 0 saturated carbocycles. The maximum Gasteiger partial charge on any atom is 0.338 e. The first-order chi connectivity index (χ1) is 10.1. The van der Waals surface area contributed by atoms with E-state index in [0.29, 0.717) is 35.3 Å². The normalized spacial score (nSPS) is 10.6. The molecule has 0 unspecified atom stereocenters. The Hall–Kier alpha value is -2.22. The number of carbonyl (C=O) groups excluding carboxylic acids is 1. The Morgan fingerprint density at radius 2 is 2.14 bits per heavy atom. The average molecular weight is 307 g/mol. The highest BCUT2D eigenvalue weighted by Gasteiger charge is 2.13. The number of rotatable bonds is 5. The molecular formula is C13H17N5O2S. The first-order valence-electron chi connectivity index (χ1n) is 6.50. The van der Waals surface area contributed by atoms with Gasteiger partial charge in [0.15, 0.2) is 5.82 Å². The number of aryl methyl sites for hydroxylation is 1. The quantitative estimate of drug-likeness (QED) is 0.489. The number of ether oxygens (including phenoxy) is 1. The van der Waals surface area contributed by atoms with Crippen LogP contribution in [0.5, 0.6) is 0 Å². The summed E-state index contributed by atoms with van der Waals surface area (Å²) in [5.41, 5.74) is 6.85. The highest BCUT2D eigenvalue weighted by atomic mass is 32.2. The minimum atomic E-state index is -0.393. The van der Waals surface area contributed by atoms with Crippen LogP contribution in [0, 0.1) is 0 Å². The summed E-state index contributed by atoms with van der Waals surface area (Å²) in [6.07, 6.45) is 0.696. The largest absolute Gasteiger partial charge is 0.462 e. The molecule has 112 valence electrons. The molecule has 7 nitrogen and oxygen atoms in total. The second kappa shape index (κ2) is 6.49. The van der Waals surface area contributed by atoms with Crippen LogP contribution in [0.15, 0.2) is 28.3 Å². The van der Waals surface area contributed by atoms with Crippen molar-refractivity contribution in [1.29, 1.82) is 0 Å². The monoisotopic (exact) mass is 307 g/mol. The Labute approximate surface area is 126 Å². The number of hydrogen-bond donors (Lipinski definition) is 2. The Kier molecular flexibility index (Phi) is 4.69. The maximum absolute atomic E-state index is 11.6. The lowest BCUT2D eigenvalue weighted by atomic mass is 10.2. The van der Waals surface area contributed by atoms with Crippen molar-refractivity contribution in [2.24, 2.45) is 0 Å². The van der Waals surface area contributed by atoms with Crippen molar-refractivity contribution < 1.29 is 9.53 Å². The molecule has 1 aromatic heterocycles. The lowest BCUT2D eigenvalue weighted by Crippen LogP contribution is -2.13. The number of carbonyl (C=O) groups is 1. The minimum Gasteiger partial charge on any atom is -0.462 e. The molecule has 0 radical (unpaired) electrons. The molecule has 0 fully saturated rings. The van der Waals surface area contributed by atoms with Gasteiger partial charge in [-0.3, -0.25) is 0 Å². The number of benzene rings is 1. The highest BCUT2D eigenvalue weighted by molar-refractivity contribution is 7.99. The number of nitrogens with zero attached hydrogens (tertiary/aromatic N) is 3. The van der Waals surface area contributed by atoms with Crippen LogP contribution in [0.1, 0.15) is 30.0 Å². The fourth-order valence-corrected chi connectivity index (χ4v) is 2.49. The molecular weight excluding hydrogens is 290 g/mol. The average Bonchev–Trinajstić information content (AvgIpc) is 2.82. The zero-order valence-electron chi connectivity index (χ0n) is 11.9. The molecule has 1 aromatic carbocycles. The maximum atomic E-state index is 11.6. The van der Waals surface area contributed by atoms with Crippen LogP contribution in [-0.2, 0) is 11.2 Å². The number of aromatic nitrogens is 3. The second-order valence-corrected chi connectivity index (χ2v) is 5.21. The summed E-state index contributed by atoms with van der Waals surface area (Å²) in [5.74, 6) is 6.19. The van der Waals surface area contributed by atoms with Crippen molar-refractivity contribution in [2.45, 2.75) is 30.3 Å². The van der Waals surface area contributed by atoms with E-state index in [-0.39, 0.29) is 0 Å². The molecule has 0 bridgehead atoms. The van der Waals surface area contributed by atoms with E-state index >= 15 is 0 Å². The summed E-state index contributed by atoms with van der Waals surface area (Å²) in [6, 6.07) is 4.99. The fourth-order valence-electron chi connectivity index (χ4n) is 1.70. The van der Waals surface area contributed by atoms with Gasteiger partial charge in [-0.05, 0) is 36.9 Å². The van der Waals surface area contributed by atoms with Gasteiger partial charge in [0.1, 0.15) is 0 Å². The van der Waals surface area contributed by atoms with Crippen molar-refractivity contribution >= 4 is 23.4 Å². The van der Waals surface area contributed by atoms with E-state index in [1.54, 1.807) is 25.1 Å². The smallest absolute Gasteiger partial charge is 0.338 e. The standard InChI is InChI=1S/C13H17N5O2S/c1-3-11-16-17-13(18(11)15)21-10-6-5-8(7-9(10)14)12(19)20-4-2/h5-7H,3-4,14-15H2,1-2H3. The van der Waals surface area contributed by atoms with Gasteiger partial charge in [-0.25, -0.2) is 9.47 Å². The predicted octanol–water partition coefficient (Wildman–Crippen LogP) is 1.46. The third-order valence-corrected chi connectivity index (χ3v) is 3.83. The molecule has 0 aliphatic heterocycles. The molecule has 4 N–H and O–H groups in total. The van der Waals surface area contributed by atoms with Crippen molar-refractivity contribution in [1.82, 2.24) is 14.9 Å². The van der Waals surface area contributed by atoms with Gasteiger partial charge in [0, 0.05) is 17.0 Å². The Morgan fingerprint density at radius 3 is 2.71 bits per heavy atom. The number of esters is 1. The van der Waals surface area contributed by atoms with Crippen LogP contribution in [0.4, 0.5) is 5.69 Å². The van der Waals surface area contributed by atoms with Gasteiger partial charge < -0.3 is 16.3 Å². The molecule has 0 amide bonds. The van der Waals surface area contributed by atoms with Gasteiger partial charge in [-0.15, -0.1) is 10.2 Å². The molecule has 0 atom stereocenters. The summed E-state index contributed by atoms with van der Waals surface area (Å²) < 4.78 is 6.36. The van der Waals surface area contributed by atoms with Gasteiger partial charge in [-0.2, -0.15) is 0 Å². The first kappa shape index (κ1) is 15.2. The lowest BCUT2D eigenvalue weighted by molar-refractivity contribution is 0.0526. The molecule has 0 saturated heterocycles. The summed E-state index contributed by atoms with van der Waals surface area (Å²) in [5, 5.41) is 8.54. The number of hydrogen-bond acceptors (Lipinski definition) is 7.